The van der Waals surface area contributed by atoms with E-state index in [1.807, 2.05) is 67.8 Å². The third-order valence-electron chi connectivity index (χ3n) is 7.30. The molecule has 0 unspecified atom stereocenters. The molecule has 0 aliphatic rings. The van der Waals surface area contributed by atoms with E-state index in [-0.39, 0.29) is 25.5 Å². The Kier molecular flexibility index (Phi) is 10.0. The average molecular weight is 766 g/mol. The molecule has 0 N–H and O–H groups in total. The van der Waals surface area contributed by atoms with Crippen molar-refractivity contribution >= 4 is 22.1 Å². The van der Waals surface area contributed by atoms with Crippen LogP contribution in [0, 0.1) is 24.5 Å². The van der Waals surface area contributed by atoms with Crippen LogP contribution < -0.4 is 0 Å². The summed E-state index contributed by atoms with van der Waals surface area (Å²) < 4.78 is 6.27. The van der Waals surface area contributed by atoms with Gasteiger partial charge in [0, 0.05) is 50.0 Å². The van der Waals surface area contributed by atoms with E-state index in [1.165, 1.54) is 16.7 Å². The maximum absolute atomic E-state index is 6.27. The number of aromatic nitrogens is 3. The van der Waals surface area contributed by atoms with E-state index >= 15 is 0 Å². The monoisotopic (exact) mass is 766 g/mol. The SMILES string of the molecule is CC(C)(C)Cc1ccnc(-c2[c-]ccc3c2oc2nc(Cc4ccccc4)ccc23)c1.Cc1ccc(-c2[c-]cccc2)nc1.[Ir]. The summed E-state index contributed by atoms with van der Waals surface area (Å²) in [6.45, 7) is 8.78. The summed E-state index contributed by atoms with van der Waals surface area (Å²) >= 11 is 0. The molecular formula is C40H35IrN3O-2. The van der Waals surface area contributed by atoms with E-state index in [1.54, 1.807) is 0 Å². The predicted octanol–water partition coefficient (Wildman–Crippen LogP) is 9.88. The van der Waals surface area contributed by atoms with Crippen LogP contribution in [0.1, 0.15) is 43.2 Å². The molecule has 5 heteroatoms. The van der Waals surface area contributed by atoms with Crippen molar-refractivity contribution in [1.29, 1.82) is 0 Å². The predicted molar refractivity (Wildman–Crippen MR) is 179 cm³/mol. The van der Waals surface area contributed by atoms with Crippen molar-refractivity contribution in [2.75, 3.05) is 0 Å². The van der Waals surface area contributed by atoms with Crippen LogP contribution in [-0.2, 0) is 32.9 Å². The van der Waals surface area contributed by atoms with Gasteiger partial charge in [-0.2, -0.15) is 0 Å². The maximum atomic E-state index is 6.27. The molecule has 7 aromatic rings. The summed E-state index contributed by atoms with van der Waals surface area (Å²) in [5, 5.41) is 2.07. The van der Waals surface area contributed by atoms with Gasteiger partial charge in [0.25, 0.3) is 0 Å². The van der Waals surface area contributed by atoms with Gasteiger partial charge in [-0.15, -0.1) is 54.1 Å². The minimum atomic E-state index is 0. The summed E-state index contributed by atoms with van der Waals surface area (Å²) in [4.78, 5) is 13.7. The second-order valence-electron chi connectivity index (χ2n) is 12.3. The topological polar surface area (TPSA) is 51.8 Å². The van der Waals surface area contributed by atoms with Crippen molar-refractivity contribution in [2.45, 2.75) is 40.5 Å². The van der Waals surface area contributed by atoms with Crippen molar-refractivity contribution in [3.05, 3.63) is 150 Å². The van der Waals surface area contributed by atoms with Crippen LogP contribution in [0.25, 0.3) is 44.6 Å². The summed E-state index contributed by atoms with van der Waals surface area (Å²) in [7, 11) is 0. The molecule has 4 aromatic heterocycles. The summed E-state index contributed by atoms with van der Waals surface area (Å²) in [5.74, 6) is 0. The first-order valence-electron chi connectivity index (χ1n) is 14.9. The van der Waals surface area contributed by atoms with Gasteiger partial charge in [0.05, 0.1) is 5.58 Å². The molecule has 227 valence electrons. The fourth-order valence-electron chi connectivity index (χ4n) is 5.27. The van der Waals surface area contributed by atoms with Crippen LogP contribution in [-0.4, -0.2) is 15.0 Å². The van der Waals surface area contributed by atoms with Crippen LogP contribution in [0.15, 0.2) is 120 Å². The largest absolute Gasteiger partial charge is 0.486 e. The Morgan fingerprint density at radius 2 is 1.56 bits per heavy atom. The molecule has 0 amide bonds. The molecule has 0 spiro atoms. The van der Waals surface area contributed by atoms with Crippen LogP contribution in [0.2, 0.25) is 0 Å². The van der Waals surface area contributed by atoms with Gasteiger partial charge in [-0.1, -0.05) is 85.8 Å². The number of hydrogen-bond acceptors (Lipinski definition) is 4. The molecule has 4 heterocycles. The van der Waals surface area contributed by atoms with Gasteiger partial charge in [-0.05, 0) is 59.5 Å². The fraction of sp³-hybridized carbons (Fsp3) is 0.175. The number of aryl methyl sites for hydroxylation is 1. The molecule has 0 aliphatic heterocycles. The zero-order valence-corrected chi connectivity index (χ0v) is 28.4. The van der Waals surface area contributed by atoms with Gasteiger partial charge in [0.15, 0.2) is 0 Å². The normalized spacial score (nSPS) is 11.1. The van der Waals surface area contributed by atoms with E-state index in [0.717, 1.165) is 57.4 Å². The van der Waals surface area contributed by atoms with E-state index in [4.69, 9.17) is 9.40 Å². The van der Waals surface area contributed by atoms with Crippen LogP contribution in [0.3, 0.4) is 0 Å². The van der Waals surface area contributed by atoms with Crippen molar-refractivity contribution < 1.29 is 24.5 Å². The maximum Gasteiger partial charge on any atom is 0.216 e. The molecule has 0 fully saturated rings. The molecule has 45 heavy (non-hydrogen) atoms. The fourth-order valence-corrected chi connectivity index (χ4v) is 5.27. The third-order valence-corrected chi connectivity index (χ3v) is 7.30. The molecule has 4 nitrogen and oxygen atoms in total. The molecule has 0 saturated heterocycles. The molecule has 0 aliphatic carbocycles. The standard InChI is InChI=1S/C28H25N2O.C12H10N.Ir/c1-28(2,3)18-20-14-15-29-25(17-20)24-11-7-10-22-23-13-12-21(30-27(23)31-26(22)24)16-19-8-5-4-6-9-19;1-10-7-8-12(13-9-10)11-5-3-2-4-6-11;/h4-10,12-15,17H,16,18H2,1-3H3;2-5,7-9H,1H3;/q2*-1;. The summed E-state index contributed by atoms with van der Waals surface area (Å²) in [6.07, 6.45) is 5.52. The minimum Gasteiger partial charge on any atom is -0.486 e. The first kappa shape index (κ1) is 32.0. The van der Waals surface area contributed by atoms with E-state index in [9.17, 15) is 0 Å². The van der Waals surface area contributed by atoms with E-state index in [0.29, 0.717) is 5.71 Å². The number of benzene rings is 3. The number of nitrogens with zero attached hydrogens (tertiary/aromatic N) is 3. The van der Waals surface area contributed by atoms with Gasteiger partial charge in [-0.3, -0.25) is 0 Å². The Balaban J connectivity index is 0.000000240. The second kappa shape index (κ2) is 14.1. The Bertz CT molecular complexity index is 1990. The van der Waals surface area contributed by atoms with Crippen LogP contribution in [0.5, 0.6) is 0 Å². The molecule has 0 bridgehead atoms. The number of pyridine rings is 3. The van der Waals surface area contributed by atoms with Gasteiger partial charge >= 0.3 is 0 Å². The molecule has 3 aromatic carbocycles. The summed E-state index contributed by atoms with van der Waals surface area (Å²) in [5.41, 5.74) is 10.1. The van der Waals surface area contributed by atoms with Gasteiger partial charge in [-0.25, -0.2) is 4.98 Å². The third kappa shape index (κ3) is 7.99. The quantitative estimate of drug-likeness (QED) is 0.164. The molecule has 1 radical (unpaired) electrons. The minimum absolute atomic E-state index is 0. The number of furan rings is 1. The first-order valence-corrected chi connectivity index (χ1v) is 14.9. The summed E-state index contributed by atoms with van der Waals surface area (Å²) in [6, 6.07) is 41.2. The van der Waals surface area contributed by atoms with Crippen LogP contribution in [0.4, 0.5) is 0 Å². The van der Waals surface area contributed by atoms with Crippen LogP contribution >= 0.6 is 0 Å². The van der Waals surface area contributed by atoms with Gasteiger partial charge in [0.1, 0.15) is 0 Å². The zero-order valence-electron chi connectivity index (χ0n) is 26.0. The Morgan fingerprint density at radius 3 is 2.29 bits per heavy atom. The zero-order chi connectivity index (χ0) is 30.5. The Hall–Kier alpha value is -4.44. The Labute approximate surface area is 279 Å². The first-order chi connectivity index (χ1) is 21.3. The molecular weight excluding hydrogens is 731 g/mol. The molecule has 0 atom stereocenters. The number of rotatable bonds is 5. The number of hydrogen-bond donors (Lipinski definition) is 0. The van der Waals surface area contributed by atoms with E-state index in [2.05, 4.69) is 97.5 Å². The number of fused-ring (bicyclic) bond motifs is 3. The molecule has 7 rings (SSSR count). The van der Waals surface area contributed by atoms with E-state index < -0.39 is 0 Å². The average Bonchev–Trinajstić information content (AvgIpc) is 3.40. The van der Waals surface area contributed by atoms with Crippen molar-refractivity contribution in [1.82, 2.24) is 15.0 Å². The van der Waals surface area contributed by atoms with Gasteiger partial charge in [0.2, 0.25) is 5.71 Å². The smallest absolute Gasteiger partial charge is 0.216 e. The van der Waals surface area contributed by atoms with Crippen molar-refractivity contribution in [3.8, 4) is 22.5 Å². The van der Waals surface area contributed by atoms with Gasteiger partial charge < -0.3 is 14.4 Å². The van der Waals surface area contributed by atoms with Crippen molar-refractivity contribution in [3.63, 3.8) is 0 Å². The Morgan fingerprint density at radius 1 is 0.733 bits per heavy atom. The molecule has 0 saturated carbocycles. The van der Waals surface area contributed by atoms with Crippen molar-refractivity contribution in [2.24, 2.45) is 5.41 Å². The second-order valence-corrected chi connectivity index (χ2v) is 12.3.